The average Bonchev–Trinajstić information content (AvgIpc) is 2.41. The Morgan fingerprint density at radius 2 is 1.80 bits per heavy atom. The zero-order valence-electron chi connectivity index (χ0n) is 10.1. The lowest BCUT2D eigenvalue weighted by Gasteiger charge is -2.09. The van der Waals surface area contributed by atoms with Crippen molar-refractivity contribution in [2.24, 2.45) is 0 Å². The summed E-state index contributed by atoms with van der Waals surface area (Å²) in [5.74, 6) is -0.978. The first-order valence-electron chi connectivity index (χ1n) is 5.78. The molecule has 1 N–H and O–H groups in total. The Hall–Kier alpha value is -2.27. The van der Waals surface area contributed by atoms with Crippen molar-refractivity contribution in [3.8, 4) is 0 Å². The van der Waals surface area contributed by atoms with Crippen LogP contribution in [0.4, 0.5) is 20.3 Å². The number of halogens is 3. The molecule has 0 saturated heterocycles. The zero-order valence-corrected chi connectivity index (χ0v) is 10.8. The van der Waals surface area contributed by atoms with E-state index < -0.39 is 11.6 Å². The molecule has 0 unspecified atom stereocenters. The molecule has 0 bridgehead atoms. The number of nitrogens with zero attached hydrogens (tertiary/aromatic N) is 2. The Morgan fingerprint density at radius 3 is 2.60 bits per heavy atom. The SMILES string of the molecule is Fc1ccc(Nc2nc(Cl)nc3ccccc23)c(F)c1. The second-order valence-electron chi connectivity index (χ2n) is 4.11. The minimum absolute atomic E-state index is 0.0497. The van der Waals surface area contributed by atoms with Crippen LogP contribution in [-0.4, -0.2) is 9.97 Å². The van der Waals surface area contributed by atoms with Crippen molar-refractivity contribution >= 4 is 34.0 Å². The van der Waals surface area contributed by atoms with E-state index in [-0.39, 0.29) is 11.0 Å². The zero-order chi connectivity index (χ0) is 14.1. The van der Waals surface area contributed by atoms with Crippen molar-refractivity contribution in [1.82, 2.24) is 9.97 Å². The molecule has 0 fully saturated rings. The average molecular weight is 292 g/mol. The van der Waals surface area contributed by atoms with Crippen LogP contribution in [0, 0.1) is 11.6 Å². The van der Waals surface area contributed by atoms with Gasteiger partial charge in [0.1, 0.15) is 17.5 Å². The molecule has 20 heavy (non-hydrogen) atoms. The highest BCUT2D eigenvalue weighted by Crippen LogP contribution is 2.26. The minimum atomic E-state index is -0.705. The third kappa shape index (κ3) is 2.40. The van der Waals surface area contributed by atoms with Gasteiger partial charge in [-0.25, -0.2) is 13.8 Å². The number of hydrogen-bond acceptors (Lipinski definition) is 3. The van der Waals surface area contributed by atoms with E-state index in [1.54, 1.807) is 12.1 Å². The van der Waals surface area contributed by atoms with E-state index >= 15 is 0 Å². The molecule has 2 aromatic carbocycles. The number of fused-ring (bicyclic) bond motifs is 1. The van der Waals surface area contributed by atoms with Gasteiger partial charge in [-0.1, -0.05) is 12.1 Å². The Balaban J connectivity index is 2.10. The van der Waals surface area contributed by atoms with Crippen LogP contribution < -0.4 is 5.32 Å². The van der Waals surface area contributed by atoms with Gasteiger partial charge in [0.15, 0.2) is 0 Å². The fourth-order valence-corrected chi connectivity index (χ4v) is 2.04. The van der Waals surface area contributed by atoms with Crippen LogP contribution in [0.3, 0.4) is 0 Å². The highest BCUT2D eigenvalue weighted by atomic mass is 35.5. The molecule has 0 atom stereocenters. The fraction of sp³-hybridized carbons (Fsp3) is 0. The minimum Gasteiger partial charge on any atom is -0.337 e. The van der Waals surface area contributed by atoms with Gasteiger partial charge in [-0.3, -0.25) is 0 Å². The molecule has 0 aliphatic rings. The third-order valence-corrected chi connectivity index (χ3v) is 2.93. The number of aromatic nitrogens is 2. The molecule has 0 radical (unpaired) electrons. The summed E-state index contributed by atoms with van der Waals surface area (Å²) in [5.41, 5.74) is 0.754. The van der Waals surface area contributed by atoms with Crippen LogP contribution >= 0.6 is 11.6 Å². The smallest absolute Gasteiger partial charge is 0.224 e. The highest BCUT2D eigenvalue weighted by molar-refractivity contribution is 6.28. The number of para-hydroxylation sites is 1. The molecule has 0 aliphatic carbocycles. The predicted molar refractivity (Wildman–Crippen MR) is 74.2 cm³/mol. The van der Waals surface area contributed by atoms with Crippen molar-refractivity contribution < 1.29 is 8.78 Å². The second-order valence-corrected chi connectivity index (χ2v) is 4.45. The molecular weight excluding hydrogens is 284 g/mol. The van der Waals surface area contributed by atoms with E-state index in [9.17, 15) is 8.78 Å². The molecule has 100 valence electrons. The first-order valence-corrected chi connectivity index (χ1v) is 6.15. The normalized spacial score (nSPS) is 10.8. The second kappa shape index (κ2) is 5.02. The summed E-state index contributed by atoms with van der Waals surface area (Å²) in [4.78, 5) is 8.12. The first kappa shape index (κ1) is 12.7. The van der Waals surface area contributed by atoms with Gasteiger partial charge in [0.25, 0.3) is 0 Å². The van der Waals surface area contributed by atoms with E-state index in [2.05, 4.69) is 15.3 Å². The lowest BCUT2D eigenvalue weighted by atomic mass is 10.2. The molecule has 6 heteroatoms. The van der Waals surface area contributed by atoms with Gasteiger partial charge in [-0.2, -0.15) is 4.98 Å². The summed E-state index contributed by atoms with van der Waals surface area (Å²) in [7, 11) is 0. The Morgan fingerprint density at radius 1 is 1.00 bits per heavy atom. The maximum absolute atomic E-state index is 13.7. The lowest BCUT2D eigenvalue weighted by Crippen LogP contribution is -1.99. The van der Waals surface area contributed by atoms with Crippen molar-refractivity contribution in [1.29, 1.82) is 0 Å². The molecule has 3 aromatic rings. The van der Waals surface area contributed by atoms with Gasteiger partial charge in [-0.05, 0) is 35.9 Å². The Labute approximate surface area is 118 Å². The molecule has 0 spiro atoms. The topological polar surface area (TPSA) is 37.8 Å². The van der Waals surface area contributed by atoms with Crippen molar-refractivity contribution in [2.75, 3.05) is 5.32 Å². The Kier molecular flexibility index (Phi) is 3.20. The van der Waals surface area contributed by atoms with Crippen molar-refractivity contribution in [3.63, 3.8) is 0 Å². The molecule has 0 amide bonds. The van der Waals surface area contributed by atoms with Crippen LogP contribution in [0.25, 0.3) is 10.9 Å². The van der Waals surface area contributed by atoms with E-state index in [1.807, 2.05) is 12.1 Å². The van der Waals surface area contributed by atoms with Crippen molar-refractivity contribution in [3.05, 3.63) is 59.4 Å². The van der Waals surface area contributed by atoms with E-state index in [0.29, 0.717) is 16.7 Å². The van der Waals surface area contributed by atoms with Gasteiger partial charge in [0, 0.05) is 11.5 Å². The van der Waals surface area contributed by atoms with Gasteiger partial charge in [0.05, 0.1) is 11.2 Å². The van der Waals surface area contributed by atoms with E-state index in [0.717, 1.165) is 12.1 Å². The third-order valence-electron chi connectivity index (χ3n) is 2.76. The Bertz CT molecular complexity index is 792. The summed E-state index contributed by atoms with van der Waals surface area (Å²) in [6, 6.07) is 10.4. The molecule has 3 rings (SSSR count). The number of rotatable bonds is 2. The first-order chi connectivity index (χ1) is 9.63. The summed E-state index contributed by atoms with van der Waals surface area (Å²) in [5, 5.41) is 3.55. The number of anilines is 2. The number of benzene rings is 2. The quantitative estimate of drug-likeness (QED) is 0.715. The summed E-state index contributed by atoms with van der Waals surface area (Å²) < 4.78 is 26.5. The lowest BCUT2D eigenvalue weighted by molar-refractivity contribution is 0.586. The molecule has 1 heterocycles. The maximum Gasteiger partial charge on any atom is 0.224 e. The molecular formula is C14H8ClF2N3. The predicted octanol–water partition coefficient (Wildman–Crippen LogP) is 4.31. The largest absolute Gasteiger partial charge is 0.337 e. The molecule has 1 aromatic heterocycles. The highest BCUT2D eigenvalue weighted by Gasteiger charge is 2.09. The molecule has 0 aliphatic heterocycles. The summed E-state index contributed by atoms with van der Waals surface area (Å²) in [6.07, 6.45) is 0. The van der Waals surface area contributed by atoms with Crippen LogP contribution in [0.2, 0.25) is 5.28 Å². The van der Waals surface area contributed by atoms with Crippen LogP contribution in [-0.2, 0) is 0 Å². The monoisotopic (exact) mass is 291 g/mol. The van der Waals surface area contributed by atoms with Gasteiger partial charge < -0.3 is 5.32 Å². The molecule has 3 nitrogen and oxygen atoms in total. The van der Waals surface area contributed by atoms with Crippen LogP contribution in [0.1, 0.15) is 0 Å². The maximum atomic E-state index is 13.7. The number of nitrogens with one attached hydrogen (secondary N) is 1. The van der Waals surface area contributed by atoms with Gasteiger partial charge in [0.2, 0.25) is 5.28 Å². The summed E-state index contributed by atoms with van der Waals surface area (Å²) >= 11 is 5.84. The van der Waals surface area contributed by atoms with Gasteiger partial charge in [-0.15, -0.1) is 0 Å². The van der Waals surface area contributed by atoms with E-state index in [4.69, 9.17) is 11.6 Å². The summed E-state index contributed by atoms with van der Waals surface area (Å²) in [6.45, 7) is 0. The van der Waals surface area contributed by atoms with Crippen molar-refractivity contribution in [2.45, 2.75) is 0 Å². The van der Waals surface area contributed by atoms with Crippen LogP contribution in [0.15, 0.2) is 42.5 Å². The van der Waals surface area contributed by atoms with Gasteiger partial charge >= 0.3 is 0 Å². The van der Waals surface area contributed by atoms with Crippen LogP contribution in [0.5, 0.6) is 0 Å². The van der Waals surface area contributed by atoms with E-state index in [1.165, 1.54) is 6.07 Å². The standard InChI is InChI=1S/C14H8ClF2N3/c15-14-19-11-4-2-1-3-9(11)13(20-14)18-12-6-5-8(16)7-10(12)17/h1-7H,(H,18,19,20). The molecule has 0 saturated carbocycles. The fourth-order valence-electron chi connectivity index (χ4n) is 1.86. The number of hydrogen-bond donors (Lipinski definition) is 1.